The minimum absolute atomic E-state index is 0.133. The van der Waals surface area contributed by atoms with Crippen LogP contribution in [0.25, 0.3) is 0 Å². The van der Waals surface area contributed by atoms with E-state index in [0.29, 0.717) is 0 Å². The van der Waals surface area contributed by atoms with E-state index in [4.69, 9.17) is 11.6 Å². The molecule has 0 radical (unpaired) electrons. The molecular weight excluding hydrogens is 538 g/mol. The maximum Gasteiger partial charge on any atom is 0.418 e. The molecule has 0 aliphatic heterocycles. The fourth-order valence-corrected chi connectivity index (χ4v) is 2.65. The lowest BCUT2D eigenvalue weighted by Crippen LogP contribution is -2.28. The summed E-state index contributed by atoms with van der Waals surface area (Å²) in [5.74, 6) is -2.70. The van der Waals surface area contributed by atoms with Crippen LogP contribution >= 0.6 is 11.6 Å². The van der Waals surface area contributed by atoms with Crippen molar-refractivity contribution >= 4 is 28.9 Å². The average molecular weight is 546 g/mol. The Balaban J connectivity index is 2.70. The summed E-state index contributed by atoms with van der Waals surface area (Å²) in [4.78, 5) is 12.0. The van der Waals surface area contributed by atoms with Crippen LogP contribution in [0.15, 0.2) is 46.7 Å². The molecular formula is C18H8ClF12N3O. The Kier molecular flexibility index (Phi) is 7.69. The highest BCUT2D eigenvalue weighted by Crippen LogP contribution is 2.43. The second-order valence-electron chi connectivity index (χ2n) is 6.48. The van der Waals surface area contributed by atoms with E-state index < -0.39 is 70.1 Å². The normalized spacial score (nSPS) is 13.4. The van der Waals surface area contributed by atoms with Crippen molar-refractivity contribution in [3.05, 3.63) is 58.7 Å². The molecule has 1 amide bonds. The van der Waals surface area contributed by atoms with Gasteiger partial charge in [-0.05, 0) is 36.4 Å². The molecule has 4 nitrogen and oxygen atoms in total. The summed E-state index contributed by atoms with van der Waals surface area (Å²) in [6.45, 7) is 0. The quantitative estimate of drug-likeness (QED) is 0.166. The number of hydrogen-bond donors (Lipinski definition) is 0. The molecule has 35 heavy (non-hydrogen) atoms. The zero-order valence-electron chi connectivity index (χ0n) is 16.3. The predicted molar refractivity (Wildman–Crippen MR) is 95.6 cm³/mol. The molecule has 2 aromatic rings. The first-order valence-corrected chi connectivity index (χ1v) is 9.17. The Labute approximate surface area is 191 Å². The molecule has 0 saturated heterocycles. The number of alkyl halides is 13. The molecule has 17 heteroatoms. The Morgan fingerprint density at radius 3 is 1.60 bits per heavy atom. The van der Waals surface area contributed by atoms with E-state index in [0.717, 1.165) is 0 Å². The minimum Gasteiger partial charge on any atom is -0.271 e. The monoisotopic (exact) mass is 545 g/mol. The summed E-state index contributed by atoms with van der Waals surface area (Å²) >= 11 is 5.26. The molecule has 0 aliphatic carbocycles. The minimum atomic E-state index is -5.51. The second-order valence-corrected chi connectivity index (χ2v) is 6.75. The number of benzene rings is 2. The third-order valence-electron chi connectivity index (χ3n) is 4.08. The molecule has 0 heterocycles. The van der Waals surface area contributed by atoms with Crippen LogP contribution in [0.1, 0.15) is 22.3 Å². The smallest absolute Gasteiger partial charge is 0.271 e. The van der Waals surface area contributed by atoms with Crippen molar-refractivity contribution in [3.63, 3.8) is 0 Å². The van der Waals surface area contributed by atoms with Gasteiger partial charge < -0.3 is 0 Å². The van der Waals surface area contributed by atoms with Crippen LogP contribution in [0.3, 0.4) is 0 Å². The van der Waals surface area contributed by atoms with Crippen LogP contribution < -0.4 is 5.01 Å². The van der Waals surface area contributed by atoms with Crippen LogP contribution in [0.5, 0.6) is 0 Å². The van der Waals surface area contributed by atoms with Gasteiger partial charge in [0.2, 0.25) is 0 Å². The fraction of sp³-hybridized carbons (Fsp3) is 0.278. The van der Waals surface area contributed by atoms with E-state index in [1.54, 1.807) is 0 Å². The molecule has 0 atom stereocenters. The highest BCUT2D eigenvalue weighted by molar-refractivity contribution is 6.29. The Bertz CT molecular complexity index is 1120. The van der Waals surface area contributed by atoms with Gasteiger partial charge in [0.05, 0.1) is 33.6 Å². The summed E-state index contributed by atoms with van der Waals surface area (Å²) in [5.41, 5.74) is -10.3. The van der Waals surface area contributed by atoms with Crippen molar-refractivity contribution in [1.82, 2.24) is 0 Å². The highest BCUT2D eigenvalue weighted by atomic mass is 35.5. The summed E-state index contributed by atoms with van der Waals surface area (Å²) in [5, 5.41) is 5.55. The lowest BCUT2D eigenvalue weighted by atomic mass is 10.1. The van der Waals surface area contributed by atoms with Gasteiger partial charge in [-0.2, -0.15) is 57.7 Å². The first-order valence-electron chi connectivity index (χ1n) is 8.64. The lowest BCUT2D eigenvalue weighted by molar-refractivity contribution is -0.144. The van der Waals surface area contributed by atoms with Gasteiger partial charge >= 0.3 is 24.7 Å². The number of amides is 1. The third-order valence-corrected chi connectivity index (χ3v) is 4.31. The van der Waals surface area contributed by atoms with Crippen molar-refractivity contribution in [2.75, 3.05) is 10.9 Å². The largest absolute Gasteiger partial charge is 0.418 e. The van der Waals surface area contributed by atoms with E-state index in [9.17, 15) is 57.5 Å². The van der Waals surface area contributed by atoms with Crippen LogP contribution in [0, 0.1) is 0 Å². The number of rotatable bonds is 4. The summed E-state index contributed by atoms with van der Waals surface area (Å²) in [6, 6.07) is -0.0765. The van der Waals surface area contributed by atoms with E-state index in [1.165, 1.54) is 0 Å². The van der Waals surface area contributed by atoms with Gasteiger partial charge in [-0.3, -0.25) is 4.79 Å². The molecule has 0 saturated carbocycles. The zero-order valence-corrected chi connectivity index (χ0v) is 17.1. The van der Waals surface area contributed by atoms with Crippen LogP contribution in [0.2, 0.25) is 0 Å². The Morgan fingerprint density at radius 1 is 0.714 bits per heavy atom. The topological polar surface area (TPSA) is 45.0 Å². The Morgan fingerprint density at radius 2 is 1.17 bits per heavy atom. The zero-order chi connectivity index (χ0) is 27.0. The molecule has 0 N–H and O–H groups in total. The molecule has 0 bridgehead atoms. The number of carbonyl (C=O) groups is 1. The highest BCUT2D eigenvalue weighted by Gasteiger charge is 2.41. The van der Waals surface area contributed by atoms with Gasteiger partial charge in [-0.1, -0.05) is 5.22 Å². The molecule has 0 spiro atoms. The fourth-order valence-electron chi connectivity index (χ4n) is 2.53. The van der Waals surface area contributed by atoms with Crippen LogP contribution in [-0.4, -0.2) is 11.8 Å². The van der Waals surface area contributed by atoms with Crippen molar-refractivity contribution in [3.8, 4) is 0 Å². The number of carbonyl (C=O) groups excluding carboxylic acids is 1. The maximum atomic E-state index is 13.4. The average Bonchev–Trinajstić information content (AvgIpc) is 2.70. The van der Waals surface area contributed by atoms with Gasteiger partial charge in [0, 0.05) is 0 Å². The van der Waals surface area contributed by atoms with E-state index in [2.05, 4.69) is 10.3 Å². The maximum absolute atomic E-state index is 13.4. The second kappa shape index (κ2) is 9.54. The first kappa shape index (κ1) is 28.2. The summed E-state index contributed by atoms with van der Waals surface area (Å²) in [6.07, 6.45) is -21.4. The van der Waals surface area contributed by atoms with Gasteiger partial charge in [-0.15, -0.1) is 16.7 Å². The van der Waals surface area contributed by atoms with E-state index in [1.807, 2.05) is 0 Å². The van der Waals surface area contributed by atoms with Crippen molar-refractivity contribution in [2.45, 2.75) is 24.7 Å². The Hall–Kier alpha value is -3.04. The van der Waals surface area contributed by atoms with Gasteiger partial charge in [0.15, 0.2) is 0 Å². The lowest BCUT2D eigenvalue weighted by Gasteiger charge is -2.21. The number of anilines is 1. The molecule has 0 aliphatic rings. The summed E-state index contributed by atoms with van der Waals surface area (Å²) < 4.78 is 157. The molecule has 2 aromatic carbocycles. The molecule has 192 valence electrons. The number of halogens is 13. The van der Waals surface area contributed by atoms with Gasteiger partial charge in [-0.25, -0.2) is 0 Å². The SMILES string of the molecule is O=C(CCl)N(N=Nc1ccc(C(F)(F)F)cc1C(F)(F)F)c1ccc(C(F)(F)F)cc1C(F)(F)F. The van der Waals surface area contributed by atoms with Gasteiger partial charge in [0.1, 0.15) is 5.88 Å². The molecule has 0 unspecified atom stereocenters. The van der Waals surface area contributed by atoms with Crippen molar-refractivity contribution in [1.29, 1.82) is 0 Å². The van der Waals surface area contributed by atoms with E-state index >= 15 is 0 Å². The van der Waals surface area contributed by atoms with E-state index in [-0.39, 0.29) is 41.4 Å². The number of nitrogens with zero attached hydrogens (tertiary/aromatic N) is 3. The number of hydrogen-bond acceptors (Lipinski definition) is 3. The van der Waals surface area contributed by atoms with Crippen molar-refractivity contribution < 1.29 is 57.5 Å². The molecule has 2 rings (SSSR count). The predicted octanol–water partition coefficient (Wildman–Crippen LogP) is 8.03. The first-order chi connectivity index (χ1) is 15.8. The third kappa shape index (κ3) is 6.76. The van der Waals surface area contributed by atoms with Crippen molar-refractivity contribution in [2.24, 2.45) is 10.3 Å². The van der Waals surface area contributed by atoms with Crippen LogP contribution in [-0.2, 0) is 29.5 Å². The standard InChI is InChI=1S/C18H8ClF12N3O/c19-7-14(35)34(13-4-2-9(16(23,24)25)6-11(13)18(29,30)31)33-32-12-3-1-8(15(20,21)22)5-10(12)17(26,27)28/h1-6H,7H2. The summed E-state index contributed by atoms with van der Waals surface area (Å²) in [7, 11) is 0. The molecule has 0 aromatic heterocycles. The molecule has 0 fully saturated rings. The van der Waals surface area contributed by atoms with Crippen LogP contribution in [0.4, 0.5) is 64.1 Å². The van der Waals surface area contributed by atoms with Gasteiger partial charge in [0.25, 0.3) is 5.91 Å².